The van der Waals surface area contributed by atoms with E-state index in [1.165, 1.54) is 12.7 Å². The smallest absolute Gasteiger partial charge is 0.276 e. The number of nitrogens with zero attached hydrogens (tertiary/aromatic N) is 2. The van der Waals surface area contributed by atoms with Crippen LogP contribution in [0, 0.1) is 0 Å². The highest BCUT2D eigenvalue weighted by molar-refractivity contribution is 5.92. The molecule has 2 aliphatic heterocycles. The van der Waals surface area contributed by atoms with Gasteiger partial charge in [0, 0.05) is 18.7 Å². The summed E-state index contributed by atoms with van der Waals surface area (Å²) in [4.78, 5) is 18.7. The molecule has 0 aliphatic carbocycles. The fourth-order valence-electron chi connectivity index (χ4n) is 3.13. The van der Waals surface area contributed by atoms with Crippen molar-refractivity contribution in [3.63, 3.8) is 0 Å². The Kier molecular flexibility index (Phi) is 4.21. The van der Waals surface area contributed by atoms with Crippen LogP contribution in [0.15, 0.2) is 28.9 Å². The van der Waals surface area contributed by atoms with E-state index in [0.29, 0.717) is 28.8 Å². The first kappa shape index (κ1) is 15.8. The summed E-state index contributed by atoms with van der Waals surface area (Å²) >= 11 is 0. The number of hydrogen-bond acceptors (Lipinski definition) is 6. The third-order valence-corrected chi connectivity index (χ3v) is 4.54. The van der Waals surface area contributed by atoms with E-state index in [1.807, 2.05) is 4.90 Å². The zero-order valence-electron chi connectivity index (χ0n) is 14.1. The van der Waals surface area contributed by atoms with Crippen LogP contribution in [0.3, 0.4) is 0 Å². The molecule has 1 saturated heterocycles. The third kappa shape index (κ3) is 3.26. The summed E-state index contributed by atoms with van der Waals surface area (Å²) in [6, 6.07) is 5.58. The van der Waals surface area contributed by atoms with Crippen molar-refractivity contribution in [1.29, 1.82) is 0 Å². The number of carbonyl (C=O) groups excluding carboxylic acids is 1. The first-order chi connectivity index (χ1) is 12.2. The van der Waals surface area contributed by atoms with Crippen molar-refractivity contribution in [3.8, 4) is 17.2 Å². The lowest BCUT2D eigenvalue weighted by atomic mass is 10.0. The first-order valence-corrected chi connectivity index (χ1v) is 8.48. The number of carbonyl (C=O) groups is 1. The highest BCUT2D eigenvalue weighted by atomic mass is 16.7. The summed E-state index contributed by atoms with van der Waals surface area (Å²) in [5.41, 5.74) is 0.332. The lowest BCUT2D eigenvalue weighted by Crippen LogP contribution is -2.42. The molecular formula is C18H20N2O5. The quantitative estimate of drug-likeness (QED) is 0.849. The lowest BCUT2D eigenvalue weighted by Gasteiger charge is -2.32. The minimum Gasteiger partial charge on any atom is -0.484 e. The predicted octanol–water partition coefficient (Wildman–Crippen LogP) is 3.00. The molecule has 4 rings (SSSR count). The summed E-state index contributed by atoms with van der Waals surface area (Å²) in [5, 5.41) is 0. The Balaban J connectivity index is 1.39. The van der Waals surface area contributed by atoms with Gasteiger partial charge >= 0.3 is 0 Å². The van der Waals surface area contributed by atoms with Crippen LogP contribution in [0.25, 0.3) is 0 Å². The van der Waals surface area contributed by atoms with E-state index in [2.05, 4.69) is 11.9 Å². The van der Waals surface area contributed by atoms with Gasteiger partial charge in [-0.2, -0.15) is 0 Å². The second-order valence-corrected chi connectivity index (χ2v) is 6.27. The molecule has 1 atom stereocenters. The Hall–Kier alpha value is -2.70. The van der Waals surface area contributed by atoms with Gasteiger partial charge in [0.2, 0.25) is 12.7 Å². The molecule has 0 radical (unpaired) electrons. The van der Waals surface area contributed by atoms with E-state index < -0.39 is 0 Å². The molecule has 0 unspecified atom stereocenters. The maximum Gasteiger partial charge on any atom is 0.276 e. The molecule has 2 aromatic rings. The second-order valence-electron chi connectivity index (χ2n) is 6.27. The Morgan fingerprint density at radius 2 is 2.20 bits per heavy atom. The number of oxazole rings is 1. The average Bonchev–Trinajstić information content (AvgIpc) is 3.28. The van der Waals surface area contributed by atoms with Gasteiger partial charge in [0.25, 0.3) is 5.91 Å². The van der Waals surface area contributed by atoms with Gasteiger partial charge in [-0.3, -0.25) is 4.79 Å². The van der Waals surface area contributed by atoms with Crippen LogP contribution >= 0.6 is 0 Å². The number of piperidine rings is 1. The minimum absolute atomic E-state index is 0.0784. The normalized spacial score (nSPS) is 19.1. The van der Waals surface area contributed by atoms with Crippen molar-refractivity contribution in [2.75, 3.05) is 13.3 Å². The molecule has 1 fully saturated rings. The monoisotopic (exact) mass is 344 g/mol. The number of amides is 1. The molecule has 132 valence electrons. The molecule has 25 heavy (non-hydrogen) atoms. The first-order valence-electron chi connectivity index (χ1n) is 8.48. The third-order valence-electron chi connectivity index (χ3n) is 4.54. The van der Waals surface area contributed by atoms with Gasteiger partial charge < -0.3 is 23.5 Å². The second kappa shape index (κ2) is 6.66. The zero-order valence-corrected chi connectivity index (χ0v) is 14.1. The maximum atomic E-state index is 12.6. The van der Waals surface area contributed by atoms with Gasteiger partial charge in [-0.05, 0) is 38.3 Å². The number of fused-ring (bicyclic) bond motifs is 1. The lowest BCUT2D eigenvalue weighted by molar-refractivity contribution is 0.0629. The number of benzene rings is 1. The molecule has 2 aliphatic rings. The van der Waals surface area contributed by atoms with Crippen LogP contribution in [0.5, 0.6) is 17.2 Å². The van der Waals surface area contributed by atoms with E-state index in [9.17, 15) is 4.79 Å². The number of ether oxygens (including phenoxy) is 3. The average molecular weight is 344 g/mol. The highest BCUT2D eigenvalue weighted by Gasteiger charge is 2.26. The number of rotatable bonds is 4. The van der Waals surface area contributed by atoms with Crippen molar-refractivity contribution in [2.45, 2.75) is 38.8 Å². The number of aromatic nitrogens is 1. The predicted molar refractivity (Wildman–Crippen MR) is 87.7 cm³/mol. The number of hydrogen-bond donors (Lipinski definition) is 0. The topological polar surface area (TPSA) is 74.0 Å². The van der Waals surface area contributed by atoms with Gasteiger partial charge in [-0.15, -0.1) is 0 Å². The molecule has 1 amide bonds. The van der Waals surface area contributed by atoms with Gasteiger partial charge in [0.15, 0.2) is 23.8 Å². The molecule has 0 spiro atoms. The van der Waals surface area contributed by atoms with Crippen LogP contribution < -0.4 is 14.2 Å². The summed E-state index contributed by atoms with van der Waals surface area (Å²) < 4.78 is 21.6. The molecule has 3 heterocycles. The van der Waals surface area contributed by atoms with Crippen molar-refractivity contribution >= 4 is 5.91 Å². The van der Waals surface area contributed by atoms with Crippen LogP contribution in [-0.2, 0) is 6.61 Å². The SMILES string of the molecule is C[C@H]1CCCCN1C(=O)c1coc(COc2ccc3c(c2)OCO3)n1. The molecule has 1 aromatic carbocycles. The summed E-state index contributed by atoms with van der Waals surface area (Å²) in [6.45, 7) is 3.21. The molecule has 0 N–H and O–H groups in total. The summed E-state index contributed by atoms with van der Waals surface area (Å²) in [6.07, 6.45) is 4.64. The molecule has 7 nitrogen and oxygen atoms in total. The highest BCUT2D eigenvalue weighted by Crippen LogP contribution is 2.35. The fraction of sp³-hybridized carbons (Fsp3) is 0.444. The molecular weight excluding hydrogens is 324 g/mol. The molecule has 7 heteroatoms. The van der Waals surface area contributed by atoms with Crippen LogP contribution in [0.4, 0.5) is 0 Å². The summed E-state index contributed by atoms with van der Waals surface area (Å²) in [5.74, 6) is 2.27. The van der Waals surface area contributed by atoms with E-state index >= 15 is 0 Å². The molecule has 0 saturated carbocycles. The van der Waals surface area contributed by atoms with Crippen molar-refractivity contribution in [3.05, 3.63) is 36.0 Å². The minimum atomic E-state index is -0.0784. The van der Waals surface area contributed by atoms with Gasteiger partial charge in [0.05, 0.1) is 0 Å². The number of likely N-dealkylation sites (tertiary alicyclic amines) is 1. The van der Waals surface area contributed by atoms with Gasteiger partial charge in [-0.25, -0.2) is 4.98 Å². The van der Waals surface area contributed by atoms with Crippen molar-refractivity contribution in [1.82, 2.24) is 9.88 Å². The van der Waals surface area contributed by atoms with E-state index in [4.69, 9.17) is 18.6 Å². The zero-order chi connectivity index (χ0) is 17.2. The Morgan fingerprint density at radius 3 is 3.08 bits per heavy atom. The molecule has 1 aromatic heterocycles. The van der Waals surface area contributed by atoms with Crippen LogP contribution in [0.1, 0.15) is 42.6 Å². The van der Waals surface area contributed by atoms with Crippen LogP contribution in [0.2, 0.25) is 0 Å². The Morgan fingerprint density at radius 1 is 1.32 bits per heavy atom. The maximum absolute atomic E-state index is 12.6. The summed E-state index contributed by atoms with van der Waals surface area (Å²) in [7, 11) is 0. The Labute approximate surface area is 145 Å². The fourth-order valence-corrected chi connectivity index (χ4v) is 3.13. The van der Waals surface area contributed by atoms with Gasteiger partial charge in [-0.1, -0.05) is 0 Å². The Bertz CT molecular complexity index is 773. The largest absolute Gasteiger partial charge is 0.484 e. The van der Waals surface area contributed by atoms with Crippen molar-refractivity contribution < 1.29 is 23.4 Å². The van der Waals surface area contributed by atoms with Crippen molar-refractivity contribution in [2.24, 2.45) is 0 Å². The van der Waals surface area contributed by atoms with E-state index in [1.54, 1.807) is 18.2 Å². The molecule has 0 bridgehead atoms. The van der Waals surface area contributed by atoms with Crippen LogP contribution in [-0.4, -0.2) is 35.2 Å². The van der Waals surface area contributed by atoms with E-state index in [0.717, 1.165) is 19.4 Å². The van der Waals surface area contributed by atoms with Gasteiger partial charge in [0.1, 0.15) is 12.0 Å². The standard InChI is InChI=1S/C18H20N2O5/c1-12-4-2-3-7-20(12)18(21)14-9-23-17(19-14)10-22-13-5-6-15-16(8-13)25-11-24-15/h5-6,8-9,12H,2-4,7,10-11H2,1H3/t12-/m0/s1. The van der Waals surface area contributed by atoms with E-state index in [-0.39, 0.29) is 25.3 Å².